The number of sulfone groups is 1. The summed E-state index contributed by atoms with van der Waals surface area (Å²) in [5.41, 5.74) is 0.988. The number of carbonyl (C=O) groups is 1. The zero-order chi connectivity index (χ0) is 16.2. The third kappa shape index (κ3) is 2.12. The van der Waals surface area contributed by atoms with Crippen molar-refractivity contribution in [1.82, 2.24) is 15.1 Å². The lowest BCUT2D eigenvalue weighted by Gasteiger charge is -2.16. The molecule has 0 aliphatic carbocycles. The molecule has 8 heteroatoms. The summed E-state index contributed by atoms with van der Waals surface area (Å²) < 4.78 is 29.3. The summed E-state index contributed by atoms with van der Waals surface area (Å²) in [6.07, 6.45) is 0.645. The van der Waals surface area contributed by atoms with Crippen LogP contribution in [0.15, 0.2) is 18.2 Å². The van der Waals surface area contributed by atoms with Crippen molar-refractivity contribution in [2.24, 2.45) is 5.92 Å². The third-order valence-corrected chi connectivity index (χ3v) is 7.15. The zero-order valence-corrected chi connectivity index (χ0v) is 13.5. The lowest BCUT2D eigenvalue weighted by atomic mass is 10.1. The molecule has 23 heavy (non-hydrogen) atoms. The van der Waals surface area contributed by atoms with E-state index in [9.17, 15) is 13.2 Å². The van der Waals surface area contributed by atoms with Crippen molar-refractivity contribution in [1.29, 1.82) is 0 Å². The monoisotopic (exact) mass is 335 g/mol. The van der Waals surface area contributed by atoms with Gasteiger partial charge in [-0.2, -0.15) is 5.10 Å². The number of H-pyrrole nitrogens is 1. The van der Waals surface area contributed by atoms with Crippen molar-refractivity contribution in [3.8, 4) is 5.75 Å². The van der Waals surface area contributed by atoms with Gasteiger partial charge in [-0.1, -0.05) is 12.1 Å². The molecule has 1 aromatic carbocycles. The number of hydrogen-bond donors (Lipinski definition) is 1. The summed E-state index contributed by atoms with van der Waals surface area (Å²) in [6, 6.07) is 5.40. The Balaban J connectivity index is 1.66. The van der Waals surface area contributed by atoms with Crippen LogP contribution in [0.5, 0.6) is 5.75 Å². The van der Waals surface area contributed by atoms with Crippen molar-refractivity contribution in [2.75, 3.05) is 26.0 Å². The van der Waals surface area contributed by atoms with E-state index in [2.05, 4.69) is 10.2 Å². The molecule has 1 N–H and O–H groups in total. The number of nitrogens with zero attached hydrogens (tertiary/aromatic N) is 2. The number of carbonyl (C=O) groups excluding carboxylic acids is 1. The maximum Gasteiger partial charge on any atom is 0.275 e. The first-order valence-electron chi connectivity index (χ1n) is 7.53. The van der Waals surface area contributed by atoms with E-state index in [1.807, 2.05) is 6.07 Å². The van der Waals surface area contributed by atoms with E-state index in [0.717, 1.165) is 0 Å². The Morgan fingerprint density at radius 1 is 1.39 bits per heavy atom. The van der Waals surface area contributed by atoms with Crippen molar-refractivity contribution in [3.63, 3.8) is 0 Å². The Bertz CT molecular complexity index is 889. The Hall–Kier alpha value is -2.09. The molecule has 0 saturated carbocycles. The smallest absolute Gasteiger partial charge is 0.275 e. The molecule has 2 saturated heterocycles. The number of methoxy groups -OCH3 is 1. The topological polar surface area (TPSA) is 92.4 Å². The maximum atomic E-state index is 12.8. The Morgan fingerprint density at radius 2 is 2.22 bits per heavy atom. The summed E-state index contributed by atoms with van der Waals surface area (Å²) in [5, 5.41) is 7.25. The van der Waals surface area contributed by atoms with Crippen LogP contribution in [0.4, 0.5) is 0 Å². The number of benzene rings is 1. The minimum absolute atomic E-state index is 0.0590. The Morgan fingerprint density at radius 3 is 2.96 bits per heavy atom. The van der Waals surface area contributed by atoms with E-state index in [1.54, 1.807) is 24.1 Å². The molecule has 1 aromatic heterocycles. The molecule has 0 unspecified atom stereocenters. The highest BCUT2D eigenvalue weighted by Gasteiger charge is 2.47. The lowest BCUT2D eigenvalue weighted by molar-refractivity contribution is 0.0782. The largest absolute Gasteiger partial charge is 0.494 e. The van der Waals surface area contributed by atoms with Gasteiger partial charge in [-0.3, -0.25) is 9.89 Å². The fourth-order valence-corrected chi connectivity index (χ4v) is 5.81. The van der Waals surface area contributed by atoms with Crippen LogP contribution in [-0.4, -0.2) is 60.6 Å². The second-order valence-electron chi connectivity index (χ2n) is 6.12. The average Bonchev–Trinajstić information content (AvgIpc) is 3.22. The van der Waals surface area contributed by atoms with Crippen LogP contribution in [0, 0.1) is 5.92 Å². The minimum atomic E-state index is -3.05. The first kappa shape index (κ1) is 14.5. The number of amides is 1. The summed E-state index contributed by atoms with van der Waals surface area (Å²) in [7, 11) is -1.50. The molecule has 1 amide bonds. The highest BCUT2D eigenvalue weighted by atomic mass is 32.2. The van der Waals surface area contributed by atoms with Gasteiger partial charge in [0.1, 0.15) is 11.3 Å². The van der Waals surface area contributed by atoms with Gasteiger partial charge in [-0.05, 0) is 18.4 Å². The second-order valence-corrected chi connectivity index (χ2v) is 8.46. The first-order valence-corrected chi connectivity index (χ1v) is 9.24. The van der Waals surface area contributed by atoms with Gasteiger partial charge in [-0.25, -0.2) is 8.42 Å². The number of aromatic amines is 1. The number of para-hydroxylation sites is 1. The fourth-order valence-electron chi connectivity index (χ4n) is 3.66. The van der Waals surface area contributed by atoms with Crippen molar-refractivity contribution < 1.29 is 17.9 Å². The second kappa shape index (κ2) is 4.95. The molecule has 0 bridgehead atoms. The van der Waals surface area contributed by atoms with E-state index in [0.29, 0.717) is 35.3 Å². The van der Waals surface area contributed by atoms with Gasteiger partial charge in [-0.15, -0.1) is 0 Å². The van der Waals surface area contributed by atoms with E-state index in [-0.39, 0.29) is 24.1 Å². The molecule has 2 aliphatic rings. The van der Waals surface area contributed by atoms with Gasteiger partial charge in [0.05, 0.1) is 18.1 Å². The molecule has 0 radical (unpaired) electrons. The summed E-state index contributed by atoms with van der Waals surface area (Å²) in [4.78, 5) is 14.4. The van der Waals surface area contributed by atoms with E-state index in [4.69, 9.17) is 4.74 Å². The normalized spacial score (nSPS) is 25.7. The van der Waals surface area contributed by atoms with Crippen LogP contribution in [0.2, 0.25) is 0 Å². The predicted octanol–water partition coefficient (Wildman–Crippen LogP) is 0.831. The lowest BCUT2D eigenvalue weighted by Crippen LogP contribution is -2.32. The minimum Gasteiger partial charge on any atom is -0.494 e. The molecular weight excluding hydrogens is 318 g/mol. The number of likely N-dealkylation sites (tertiary alicyclic amines) is 1. The third-order valence-electron chi connectivity index (χ3n) is 4.89. The van der Waals surface area contributed by atoms with Gasteiger partial charge in [0.15, 0.2) is 15.5 Å². The standard InChI is InChI=1S/C15H17N3O4S/c1-22-11-4-2-3-10-13(11)16-17-14(10)15(19)18-7-9-5-6-23(20,21)12(9)8-18/h2-4,9,12H,5-8H2,1H3,(H,16,17)/t9-,12+/m0/s1. The molecular formula is C15H17N3O4S. The van der Waals surface area contributed by atoms with Gasteiger partial charge in [0.25, 0.3) is 5.91 Å². The number of aromatic nitrogens is 2. The molecule has 2 aromatic rings. The predicted molar refractivity (Wildman–Crippen MR) is 84.2 cm³/mol. The van der Waals surface area contributed by atoms with Crippen LogP contribution in [0.3, 0.4) is 0 Å². The van der Waals surface area contributed by atoms with E-state index < -0.39 is 15.1 Å². The highest BCUT2D eigenvalue weighted by molar-refractivity contribution is 7.92. The molecule has 2 aliphatic heterocycles. The number of nitrogens with one attached hydrogen (secondary N) is 1. The van der Waals surface area contributed by atoms with Crippen LogP contribution >= 0.6 is 0 Å². The van der Waals surface area contributed by atoms with Crippen molar-refractivity contribution in [3.05, 3.63) is 23.9 Å². The van der Waals surface area contributed by atoms with Gasteiger partial charge in [0.2, 0.25) is 0 Å². The fraction of sp³-hybridized carbons (Fsp3) is 0.467. The molecule has 3 heterocycles. The van der Waals surface area contributed by atoms with Gasteiger partial charge >= 0.3 is 0 Å². The highest BCUT2D eigenvalue weighted by Crippen LogP contribution is 2.35. The Kier molecular flexibility index (Phi) is 3.12. The maximum absolute atomic E-state index is 12.8. The number of rotatable bonds is 2. The molecule has 7 nitrogen and oxygen atoms in total. The van der Waals surface area contributed by atoms with E-state index in [1.165, 1.54) is 0 Å². The average molecular weight is 335 g/mol. The summed E-state index contributed by atoms with van der Waals surface area (Å²) >= 11 is 0. The zero-order valence-electron chi connectivity index (χ0n) is 12.7. The van der Waals surface area contributed by atoms with Crippen LogP contribution < -0.4 is 4.74 Å². The van der Waals surface area contributed by atoms with Gasteiger partial charge in [0, 0.05) is 18.5 Å². The van der Waals surface area contributed by atoms with Crippen LogP contribution in [0.1, 0.15) is 16.9 Å². The summed E-state index contributed by atoms with van der Waals surface area (Å²) in [6.45, 7) is 0.755. The van der Waals surface area contributed by atoms with Crippen LogP contribution in [0.25, 0.3) is 10.9 Å². The quantitative estimate of drug-likeness (QED) is 0.877. The van der Waals surface area contributed by atoms with Crippen LogP contribution in [-0.2, 0) is 9.84 Å². The molecule has 4 rings (SSSR count). The molecule has 2 fully saturated rings. The Labute approximate surface area is 133 Å². The SMILES string of the molecule is COc1cccc2c(C(=O)N3C[C@@H]4CCS(=O)(=O)[C@@H]4C3)n[nH]c12. The number of fused-ring (bicyclic) bond motifs is 2. The van der Waals surface area contributed by atoms with Gasteiger partial charge < -0.3 is 9.64 Å². The molecule has 122 valence electrons. The van der Waals surface area contributed by atoms with E-state index >= 15 is 0 Å². The number of ether oxygens (including phenoxy) is 1. The molecule has 0 spiro atoms. The van der Waals surface area contributed by atoms with Crippen molar-refractivity contribution in [2.45, 2.75) is 11.7 Å². The van der Waals surface area contributed by atoms with Crippen molar-refractivity contribution >= 4 is 26.6 Å². The number of hydrogen-bond acceptors (Lipinski definition) is 5. The summed E-state index contributed by atoms with van der Waals surface area (Å²) in [5.74, 6) is 0.695. The molecule has 2 atom stereocenters. The first-order chi connectivity index (χ1) is 11.0.